The molecule has 0 spiro atoms. The van der Waals surface area contributed by atoms with E-state index < -0.39 is 0 Å². The molecule has 3 aliphatic heterocycles. The summed E-state index contributed by atoms with van der Waals surface area (Å²) in [5.74, 6) is 0. The molecule has 3 aromatic heterocycles. The SMILES string of the molecule is CC(C)(C)c1ccc(N2c3cc4c(cc3B3c5c(cc6c(sc7ccccc76)c52)-c2cccc5c6sc7ccccc7c6n3c25)C(C)(C)c2ccccc2S4)c(-c2ccccc2)c1. The van der Waals surface area contributed by atoms with Gasteiger partial charge in [-0.25, -0.2) is 0 Å². The van der Waals surface area contributed by atoms with Crippen molar-refractivity contribution in [3.05, 3.63) is 174 Å². The Morgan fingerprint density at radius 1 is 0.524 bits per heavy atom. The van der Waals surface area contributed by atoms with Crippen LogP contribution in [0.25, 0.3) is 73.6 Å². The minimum atomic E-state index is -0.192. The van der Waals surface area contributed by atoms with Crippen LogP contribution in [0.5, 0.6) is 0 Å². The molecule has 6 heteroatoms. The molecule has 0 saturated heterocycles. The second kappa shape index (κ2) is 12.6. The summed E-state index contributed by atoms with van der Waals surface area (Å²) < 4.78 is 8.17. The molecule has 3 aliphatic rings. The molecule has 8 aromatic carbocycles. The average molecular weight is 861 g/mol. The van der Waals surface area contributed by atoms with E-state index >= 15 is 0 Å². The molecular formula is C57H41BN2S3. The third-order valence-electron chi connectivity index (χ3n) is 14.4. The number of rotatable bonds is 2. The summed E-state index contributed by atoms with van der Waals surface area (Å²) in [5, 5.41) is 5.34. The van der Waals surface area contributed by atoms with E-state index in [0.717, 1.165) is 0 Å². The maximum absolute atomic E-state index is 2.78. The highest BCUT2D eigenvalue weighted by Crippen LogP contribution is 2.56. The molecule has 2 nitrogen and oxygen atoms in total. The lowest BCUT2D eigenvalue weighted by molar-refractivity contribution is 0.590. The molecular weight excluding hydrogens is 820 g/mol. The van der Waals surface area contributed by atoms with Crippen LogP contribution < -0.4 is 15.8 Å². The van der Waals surface area contributed by atoms with Crippen molar-refractivity contribution in [2.45, 2.75) is 55.2 Å². The van der Waals surface area contributed by atoms with Crippen LogP contribution in [0.15, 0.2) is 168 Å². The fraction of sp³-hybridized carbons (Fsp3) is 0.123. The molecule has 0 saturated carbocycles. The Balaban J connectivity index is 1.20. The number of benzene rings is 8. The largest absolute Gasteiger partial charge is 0.374 e. The summed E-state index contributed by atoms with van der Waals surface area (Å²) >= 11 is 5.84. The number of para-hydroxylation sites is 1. The van der Waals surface area contributed by atoms with Crippen molar-refractivity contribution in [2.75, 3.05) is 4.90 Å². The Kier molecular flexibility index (Phi) is 7.27. The monoisotopic (exact) mass is 860 g/mol. The first-order chi connectivity index (χ1) is 30.6. The predicted molar refractivity (Wildman–Crippen MR) is 275 cm³/mol. The van der Waals surface area contributed by atoms with Gasteiger partial charge in [-0.3, -0.25) is 0 Å². The molecule has 0 radical (unpaired) electrons. The molecule has 0 amide bonds. The van der Waals surface area contributed by atoms with Crippen molar-refractivity contribution in [3.8, 4) is 22.3 Å². The third-order valence-corrected chi connectivity index (χ3v) is 17.9. The van der Waals surface area contributed by atoms with Gasteiger partial charge in [0, 0.05) is 68.5 Å². The quantitative estimate of drug-likeness (QED) is 0.160. The van der Waals surface area contributed by atoms with Crippen LogP contribution in [0.4, 0.5) is 17.1 Å². The zero-order valence-electron chi connectivity index (χ0n) is 35.7. The van der Waals surface area contributed by atoms with E-state index in [4.69, 9.17) is 0 Å². The lowest BCUT2D eigenvalue weighted by atomic mass is 9.44. The van der Waals surface area contributed by atoms with Gasteiger partial charge in [-0.05, 0) is 86.6 Å². The summed E-state index contributed by atoms with van der Waals surface area (Å²) in [7, 11) is 0. The van der Waals surface area contributed by atoms with Crippen molar-refractivity contribution in [1.82, 2.24) is 4.48 Å². The zero-order valence-corrected chi connectivity index (χ0v) is 38.2. The van der Waals surface area contributed by atoms with E-state index in [1.54, 1.807) is 0 Å². The number of hydrogen-bond donors (Lipinski definition) is 0. The Morgan fingerprint density at radius 3 is 2.06 bits per heavy atom. The van der Waals surface area contributed by atoms with Crippen LogP contribution in [0.1, 0.15) is 51.3 Å². The molecule has 11 aromatic rings. The Labute approximate surface area is 379 Å². The highest BCUT2D eigenvalue weighted by Gasteiger charge is 2.47. The van der Waals surface area contributed by atoms with Crippen LogP contribution in [0.3, 0.4) is 0 Å². The molecule has 300 valence electrons. The van der Waals surface area contributed by atoms with Gasteiger partial charge in [-0.2, -0.15) is 0 Å². The van der Waals surface area contributed by atoms with Crippen molar-refractivity contribution >= 4 is 121 Å². The summed E-state index contributed by atoms with van der Waals surface area (Å²) in [6.07, 6.45) is 0. The van der Waals surface area contributed by atoms with Gasteiger partial charge in [0.25, 0.3) is 0 Å². The second-order valence-corrected chi connectivity index (χ2v) is 22.4. The Morgan fingerprint density at radius 2 is 1.24 bits per heavy atom. The average Bonchev–Trinajstić information content (AvgIpc) is 3.97. The van der Waals surface area contributed by atoms with Crippen molar-refractivity contribution in [2.24, 2.45) is 0 Å². The maximum Gasteiger partial charge on any atom is 0.333 e. The van der Waals surface area contributed by atoms with Gasteiger partial charge in [0.2, 0.25) is 0 Å². The van der Waals surface area contributed by atoms with Crippen LogP contribution >= 0.6 is 34.4 Å². The first kappa shape index (κ1) is 36.4. The minimum Gasteiger partial charge on any atom is -0.374 e. The topological polar surface area (TPSA) is 8.17 Å². The molecule has 14 rings (SSSR count). The first-order valence-electron chi connectivity index (χ1n) is 22.0. The van der Waals surface area contributed by atoms with Crippen molar-refractivity contribution < 1.29 is 0 Å². The van der Waals surface area contributed by atoms with E-state index in [9.17, 15) is 0 Å². The van der Waals surface area contributed by atoms with Gasteiger partial charge in [-0.1, -0.05) is 162 Å². The number of nitrogens with zero attached hydrogens (tertiary/aromatic N) is 2. The molecule has 0 unspecified atom stereocenters. The molecule has 63 heavy (non-hydrogen) atoms. The standard InChI is InChI=1S/C57H41BN2S3/c1-56(2,3)33-26-27-44(38(28-33)32-16-7-6-8-17-32)59-45-31-49-42(57(4,5)41-22-11-14-25-48(41)61-49)30-43(45)58-50-39(29-40-34-18-9-12-23-46(34)62-55(40)53(50)59)35-20-15-21-37-51(35)60(58)52-36-19-10-13-24-47(36)63-54(37)52/h6-31H,1-5H3. The van der Waals surface area contributed by atoms with Crippen molar-refractivity contribution in [3.63, 3.8) is 0 Å². The van der Waals surface area contributed by atoms with Gasteiger partial charge >= 0.3 is 6.85 Å². The number of fused-ring (bicyclic) bond motifs is 15. The molecule has 0 N–H and O–H groups in total. The predicted octanol–water partition coefficient (Wildman–Crippen LogP) is 15.5. The lowest BCUT2D eigenvalue weighted by Crippen LogP contribution is -2.57. The van der Waals surface area contributed by atoms with Crippen LogP contribution in [0, 0.1) is 0 Å². The fourth-order valence-electron chi connectivity index (χ4n) is 11.4. The van der Waals surface area contributed by atoms with E-state index in [0.29, 0.717) is 0 Å². The van der Waals surface area contributed by atoms with Gasteiger partial charge < -0.3 is 9.38 Å². The molecule has 0 bridgehead atoms. The molecule has 0 aliphatic carbocycles. The number of hydrogen-bond acceptors (Lipinski definition) is 4. The first-order valence-corrected chi connectivity index (χ1v) is 24.5. The summed E-state index contributed by atoms with van der Waals surface area (Å²) in [4.78, 5) is 5.39. The number of anilines is 3. The maximum atomic E-state index is 2.78. The Bertz CT molecular complexity index is 3800. The normalized spacial score (nSPS) is 14.7. The Hall–Kier alpha value is -6.05. The molecule has 6 heterocycles. The van der Waals surface area contributed by atoms with Crippen LogP contribution in [-0.4, -0.2) is 11.3 Å². The van der Waals surface area contributed by atoms with Crippen LogP contribution in [0.2, 0.25) is 0 Å². The van der Waals surface area contributed by atoms with Crippen molar-refractivity contribution in [1.29, 1.82) is 0 Å². The highest BCUT2D eigenvalue weighted by molar-refractivity contribution is 7.99. The highest BCUT2D eigenvalue weighted by atomic mass is 32.2. The summed E-state index contributed by atoms with van der Waals surface area (Å²) in [6, 6.07) is 60.5. The second-order valence-electron chi connectivity index (χ2n) is 19.2. The fourth-order valence-corrected chi connectivity index (χ4v) is 15.2. The lowest BCUT2D eigenvalue weighted by Gasteiger charge is -2.43. The third kappa shape index (κ3) is 4.81. The van der Waals surface area contributed by atoms with E-state index in [1.165, 1.54) is 128 Å². The van der Waals surface area contributed by atoms with Crippen LogP contribution in [-0.2, 0) is 10.8 Å². The van der Waals surface area contributed by atoms with E-state index in [2.05, 4.69) is 202 Å². The van der Waals surface area contributed by atoms with E-state index in [1.807, 2.05) is 34.4 Å². The van der Waals surface area contributed by atoms with Gasteiger partial charge in [0.1, 0.15) is 0 Å². The zero-order chi connectivity index (χ0) is 42.1. The number of aromatic nitrogens is 1. The van der Waals surface area contributed by atoms with Gasteiger partial charge in [0.05, 0.1) is 26.3 Å². The number of thiophene rings is 2. The molecule has 0 atom stereocenters. The summed E-state index contributed by atoms with van der Waals surface area (Å²) in [5.41, 5.74) is 18.3. The smallest absolute Gasteiger partial charge is 0.333 e. The van der Waals surface area contributed by atoms with Gasteiger partial charge in [-0.15, -0.1) is 22.7 Å². The molecule has 0 fully saturated rings. The summed E-state index contributed by atoms with van der Waals surface area (Å²) in [6.45, 7) is 11.8. The minimum absolute atomic E-state index is 0.0233. The van der Waals surface area contributed by atoms with E-state index in [-0.39, 0.29) is 17.7 Å². The van der Waals surface area contributed by atoms with Gasteiger partial charge in [0.15, 0.2) is 0 Å².